The highest BCUT2D eigenvalue weighted by Gasteiger charge is 2.25. The van der Waals surface area contributed by atoms with Crippen LogP contribution in [0.1, 0.15) is 38.1 Å². The van der Waals surface area contributed by atoms with Crippen LogP contribution < -0.4 is 0 Å². The molecule has 16 heavy (non-hydrogen) atoms. The van der Waals surface area contributed by atoms with Crippen LogP contribution in [-0.2, 0) is 4.79 Å². The molecule has 0 bridgehead atoms. The average Bonchev–Trinajstić information content (AvgIpc) is 2.81. The fourth-order valence-electron chi connectivity index (χ4n) is 1.69. The number of aldehydes is 1. The molecule has 0 saturated heterocycles. The van der Waals surface area contributed by atoms with E-state index in [9.17, 15) is 4.79 Å². The summed E-state index contributed by atoms with van der Waals surface area (Å²) in [5, 5.41) is 2.10. The van der Waals surface area contributed by atoms with Crippen molar-refractivity contribution in [1.29, 1.82) is 0 Å². The van der Waals surface area contributed by atoms with Gasteiger partial charge in [0.1, 0.15) is 6.29 Å². The normalized spacial score (nSPS) is 17.1. The van der Waals surface area contributed by atoms with Gasteiger partial charge in [0.15, 0.2) is 0 Å². The molecular formula is C13H21NOS. The summed E-state index contributed by atoms with van der Waals surface area (Å²) in [6.07, 6.45) is 1.97. The second-order valence-electron chi connectivity index (χ2n) is 4.73. The first-order chi connectivity index (χ1) is 7.52. The second kappa shape index (κ2) is 5.60. The van der Waals surface area contributed by atoms with Crippen molar-refractivity contribution >= 4 is 17.6 Å². The highest BCUT2D eigenvalue weighted by molar-refractivity contribution is 7.10. The number of thiophene rings is 1. The van der Waals surface area contributed by atoms with Crippen LogP contribution in [0, 0.1) is 5.41 Å². The van der Waals surface area contributed by atoms with Crippen LogP contribution in [0.2, 0.25) is 0 Å². The maximum absolute atomic E-state index is 11.1. The Labute approximate surface area is 102 Å². The summed E-state index contributed by atoms with van der Waals surface area (Å²) < 4.78 is 0. The van der Waals surface area contributed by atoms with Crippen molar-refractivity contribution < 1.29 is 4.79 Å². The van der Waals surface area contributed by atoms with E-state index >= 15 is 0 Å². The summed E-state index contributed by atoms with van der Waals surface area (Å²) in [6, 6.07) is 4.60. The molecule has 0 aliphatic rings. The number of nitrogens with zero attached hydrogens (tertiary/aromatic N) is 1. The van der Waals surface area contributed by atoms with E-state index in [4.69, 9.17) is 0 Å². The molecule has 0 N–H and O–H groups in total. The van der Waals surface area contributed by atoms with Crippen molar-refractivity contribution in [1.82, 2.24) is 4.90 Å². The van der Waals surface area contributed by atoms with Gasteiger partial charge in [-0.15, -0.1) is 11.3 Å². The summed E-state index contributed by atoms with van der Waals surface area (Å²) in [6.45, 7) is 7.09. The molecule has 1 aromatic heterocycles. The topological polar surface area (TPSA) is 20.3 Å². The fourth-order valence-corrected chi connectivity index (χ4v) is 2.53. The lowest BCUT2D eigenvalue weighted by Crippen LogP contribution is -2.35. The molecule has 0 amide bonds. The van der Waals surface area contributed by atoms with E-state index in [1.165, 1.54) is 4.88 Å². The van der Waals surface area contributed by atoms with Crippen LogP contribution in [0.25, 0.3) is 0 Å². The molecule has 0 saturated carbocycles. The van der Waals surface area contributed by atoms with Gasteiger partial charge in [0, 0.05) is 22.9 Å². The Morgan fingerprint density at radius 1 is 1.62 bits per heavy atom. The monoisotopic (exact) mass is 239 g/mol. The molecule has 0 fully saturated rings. The van der Waals surface area contributed by atoms with Gasteiger partial charge in [-0.2, -0.15) is 0 Å². The minimum atomic E-state index is -0.222. The van der Waals surface area contributed by atoms with E-state index < -0.39 is 0 Å². The van der Waals surface area contributed by atoms with Gasteiger partial charge in [0.05, 0.1) is 0 Å². The Bertz CT molecular complexity index is 323. The molecule has 1 heterocycles. The first kappa shape index (κ1) is 13.4. The minimum absolute atomic E-state index is 0.222. The van der Waals surface area contributed by atoms with Gasteiger partial charge in [-0.1, -0.05) is 19.9 Å². The summed E-state index contributed by atoms with van der Waals surface area (Å²) in [4.78, 5) is 14.7. The van der Waals surface area contributed by atoms with Crippen LogP contribution in [0.5, 0.6) is 0 Å². The standard InChI is InChI=1S/C13H21NOS/c1-5-13(3,10-15)9-14(4)11(2)12-7-6-8-16-12/h6-8,10-11H,5,9H2,1-4H3. The molecular weight excluding hydrogens is 218 g/mol. The maximum Gasteiger partial charge on any atom is 0.127 e. The van der Waals surface area contributed by atoms with E-state index in [2.05, 4.69) is 43.3 Å². The molecule has 0 aliphatic heterocycles. The van der Waals surface area contributed by atoms with Crippen molar-refractivity contribution in [3.63, 3.8) is 0 Å². The highest BCUT2D eigenvalue weighted by Crippen LogP contribution is 2.27. The van der Waals surface area contributed by atoms with Crippen molar-refractivity contribution in [2.24, 2.45) is 5.41 Å². The van der Waals surface area contributed by atoms with E-state index in [0.29, 0.717) is 6.04 Å². The Morgan fingerprint density at radius 3 is 2.75 bits per heavy atom. The predicted octanol–water partition coefficient (Wildman–Crippen LogP) is 3.36. The van der Waals surface area contributed by atoms with Gasteiger partial charge in [0.25, 0.3) is 0 Å². The van der Waals surface area contributed by atoms with E-state index in [1.54, 1.807) is 11.3 Å². The lowest BCUT2D eigenvalue weighted by atomic mass is 9.88. The summed E-state index contributed by atoms with van der Waals surface area (Å²) in [5.74, 6) is 0. The van der Waals surface area contributed by atoms with E-state index in [-0.39, 0.29) is 5.41 Å². The van der Waals surface area contributed by atoms with E-state index in [1.807, 2.05) is 6.92 Å². The lowest BCUT2D eigenvalue weighted by Gasteiger charge is -2.31. The molecule has 2 atom stereocenters. The number of hydrogen-bond acceptors (Lipinski definition) is 3. The number of carbonyl (C=O) groups is 1. The van der Waals surface area contributed by atoms with E-state index in [0.717, 1.165) is 19.3 Å². The number of rotatable bonds is 6. The maximum atomic E-state index is 11.1. The second-order valence-corrected chi connectivity index (χ2v) is 5.71. The van der Waals surface area contributed by atoms with Crippen LogP contribution in [-0.4, -0.2) is 24.8 Å². The Balaban J connectivity index is 2.65. The summed E-state index contributed by atoms with van der Waals surface area (Å²) in [7, 11) is 2.09. The zero-order chi connectivity index (χ0) is 12.2. The van der Waals surface area contributed by atoms with Gasteiger partial charge in [-0.05, 0) is 31.8 Å². The highest BCUT2D eigenvalue weighted by atomic mass is 32.1. The van der Waals surface area contributed by atoms with Gasteiger partial charge >= 0.3 is 0 Å². The smallest absolute Gasteiger partial charge is 0.127 e. The molecule has 90 valence electrons. The average molecular weight is 239 g/mol. The molecule has 0 aliphatic carbocycles. The van der Waals surface area contributed by atoms with Crippen LogP contribution in [0.3, 0.4) is 0 Å². The van der Waals surface area contributed by atoms with Crippen molar-refractivity contribution in [2.45, 2.75) is 33.2 Å². The van der Waals surface area contributed by atoms with Crippen LogP contribution in [0.15, 0.2) is 17.5 Å². The SMILES string of the molecule is CCC(C)(C=O)CN(C)C(C)c1cccs1. The third-order valence-corrected chi connectivity index (χ3v) is 4.36. The van der Waals surface area contributed by atoms with Gasteiger partial charge in [-0.25, -0.2) is 0 Å². The Morgan fingerprint density at radius 2 is 2.31 bits per heavy atom. The third kappa shape index (κ3) is 3.16. The molecule has 0 aromatic carbocycles. The summed E-state index contributed by atoms with van der Waals surface area (Å²) in [5.41, 5.74) is -0.222. The minimum Gasteiger partial charge on any atom is -0.303 e. The predicted molar refractivity (Wildman–Crippen MR) is 69.8 cm³/mol. The van der Waals surface area contributed by atoms with Crippen LogP contribution in [0.4, 0.5) is 0 Å². The first-order valence-corrected chi connectivity index (χ1v) is 6.60. The Hall–Kier alpha value is -0.670. The Kier molecular flexibility index (Phi) is 4.69. The molecule has 0 radical (unpaired) electrons. The third-order valence-electron chi connectivity index (χ3n) is 3.32. The lowest BCUT2D eigenvalue weighted by molar-refractivity contribution is -0.116. The van der Waals surface area contributed by atoms with Crippen LogP contribution >= 0.6 is 11.3 Å². The molecule has 1 rings (SSSR count). The number of hydrogen-bond donors (Lipinski definition) is 0. The molecule has 3 heteroatoms. The molecule has 2 unspecified atom stereocenters. The van der Waals surface area contributed by atoms with Crippen molar-refractivity contribution in [2.75, 3.05) is 13.6 Å². The quantitative estimate of drug-likeness (QED) is 0.709. The molecule has 2 nitrogen and oxygen atoms in total. The molecule has 0 spiro atoms. The first-order valence-electron chi connectivity index (χ1n) is 5.72. The van der Waals surface area contributed by atoms with Crippen molar-refractivity contribution in [3.8, 4) is 0 Å². The van der Waals surface area contributed by atoms with Crippen molar-refractivity contribution in [3.05, 3.63) is 22.4 Å². The largest absolute Gasteiger partial charge is 0.303 e. The zero-order valence-electron chi connectivity index (χ0n) is 10.6. The van der Waals surface area contributed by atoms with Gasteiger partial charge < -0.3 is 4.79 Å². The molecule has 1 aromatic rings. The van der Waals surface area contributed by atoms with Gasteiger partial charge in [0.2, 0.25) is 0 Å². The van der Waals surface area contributed by atoms with Gasteiger partial charge in [-0.3, -0.25) is 4.90 Å². The fraction of sp³-hybridized carbons (Fsp3) is 0.615. The zero-order valence-corrected chi connectivity index (χ0v) is 11.4. The number of carbonyl (C=O) groups excluding carboxylic acids is 1. The summed E-state index contributed by atoms with van der Waals surface area (Å²) >= 11 is 1.77.